The van der Waals surface area contributed by atoms with Gasteiger partial charge in [0.2, 0.25) is 5.91 Å². The van der Waals surface area contributed by atoms with Crippen LogP contribution in [0.5, 0.6) is 5.75 Å². The largest absolute Gasteiger partial charge is 0.505 e. The van der Waals surface area contributed by atoms with Gasteiger partial charge in [-0.2, -0.15) is 0 Å². The fraction of sp³-hybridized carbons (Fsp3) is 0.476. The molecule has 2 aliphatic heterocycles. The van der Waals surface area contributed by atoms with Gasteiger partial charge < -0.3 is 14.9 Å². The standard InChI is InChI=1S/C21H25N5O3/c1-15-10-24-16(11-23-15)12-26-14-21(7-5-18(26)28)6-3-9-25(13-21)20(29)19-17(27)4-2-8-22-19/h2,4,8,10-11,27H,3,5-7,9,12-14H2,1H3/t21-/m1/s1. The summed E-state index contributed by atoms with van der Waals surface area (Å²) in [5, 5.41) is 10.00. The highest BCUT2D eigenvalue weighted by atomic mass is 16.3. The van der Waals surface area contributed by atoms with Gasteiger partial charge in [-0.05, 0) is 38.3 Å². The number of carbonyl (C=O) groups is 2. The third kappa shape index (κ3) is 4.06. The Bertz CT molecular complexity index is 917. The summed E-state index contributed by atoms with van der Waals surface area (Å²) in [6.45, 7) is 4.10. The Labute approximate surface area is 169 Å². The highest BCUT2D eigenvalue weighted by Crippen LogP contribution is 2.39. The third-order valence-electron chi connectivity index (χ3n) is 5.87. The number of aromatic nitrogens is 3. The van der Waals surface area contributed by atoms with E-state index in [1.54, 1.807) is 23.4 Å². The van der Waals surface area contributed by atoms with Gasteiger partial charge in [0, 0.05) is 43.9 Å². The summed E-state index contributed by atoms with van der Waals surface area (Å²) in [6.07, 6.45) is 8.00. The average Bonchev–Trinajstić information content (AvgIpc) is 2.73. The molecule has 152 valence electrons. The second-order valence-corrected chi connectivity index (χ2v) is 8.10. The van der Waals surface area contributed by atoms with Gasteiger partial charge in [-0.25, -0.2) is 4.98 Å². The minimum Gasteiger partial charge on any atom is -0.505 e. The Morgan fingerprint density at radius 2 is 2.07 bits per heavy atom. The predicted molar refractivity (Wildman–Crippen MR) is 105 cm³/mol. The van der Waals surface area contributed by atoms with E-state index in [9.17, 15) is 14.7 Å². The molecule has 8 heteroatoms. The van der Waals surface area contributed by atoms with Crippen molar-refractivity contribution < 1.29 is 14.7 Å². The lowest BCUT2D eigenvalue weighted by atomic mass is 9.73. The molecular weight excluding hydrogens is 370 g/mol. The molecule has 4 rings (SSSR count). The molecule has 1 N–H and O–H groups in total. The Morgan fingerprint density at radius 3 is 2.83 bits per heavy atom. The summed E-state index contributed by atoms with van der Waals surface area (Å²) < 4.78 is 0. The second kappa shape index (κ2) is 7.77. The number of pyridine rings is 1. The molecule has 0 aliphatic carbocycles. The molecule has 29 heavy (non-hydrogen) atoms. The first-order chi connectivity index (χ1) is 14.0. The molecule has 1 atom stereocenters. The number of nitrogens with zero attached hydrogens (tertiary/aromatic N) is 5. The molecule has 4 heterocycles. The second-order valence-electron chi connectivity index (χ2n) is 8.10. The normalized spacial score (nSPS) is 22.2. The fourth-order valence-electron chi connectivity index (χ4n) is 4.37. The van der Waals surface area contributed by atoms with Crippen LogP contribution in [0.15, 0.2) is 30.7 Å². The maximum absolute atomic E-state index is 12.9. The number of aromatic hydroxyl groups is 1. The van der Waals surface area contributed by atoms with E-state index < -0.39 is 0 Å². The van der Waals surface area contributed by atoms with Crippen molar-refractivity contribution in [2.75, 3.05) is 19.6 Å². The van der Waals surface area contributed by atoms with Crippen LogP contribution in [0.25, 0.3) is 0 Å². The zero-order valence-corrected chi connectivity index (χ0v) is 16.5. The summed E-state index contributed by atoms with van der Waals surface area (Å²) in [5.74, 6) is -0.241. The lowest BCUT2D eigenvalue weighted by Crippen LogP contribution is -2.55. The lowest BCUT2D eigenvalue weighted by Gasteiger charge is -2.48. The van der Waals surface area contributed by atoms with Gasteiger partial charge in [-0.15, -0.1) is 0 Å². The number of carbonyl (C=O) groups excluding carboxylic acids is 2. The predicted octanol–water partition coefficient (Wildman–Crippen LogP) is 1.93. The number of likely N-dealkylation sites (tertiary alicyclic amines) is 2. The molecule has 1 spiro atoms. The van der Waals surface area contributed by atoms with Gasteiger partial charge in [0.05, 0.1) is 24.1 Å². The number of aryl methyl sites for hydroxylation is 1. The molecule has 8 nitrogen and oxygen atoms in total. The molecule has 2 amide bonds. The zero-order chi connectivity index (χ0) is 20.4. The molecule has 2 saturated heterocycles. The van der Waals surface area contributed by atoms with E-state index in [2.05, 4.69) is 15.0 Å². The Balaban J connectivity index is 1.49. The number of hydrogen-bond acceptors (Lipinski definition) is 6. The molecule has 0 saturated carbocycles. The van der Waals surface area contributed by atoms with E-state index in [1.807, 2.05) is 11.8 Å². The van der Waals surface area contributed by atoms with Crippen molar-refractivity contribution in [3.8, 4) is 5.75 Å². The first-order valence-electron chi connectivity index (χ1n) is 9.94. The first kappa shape index (κ1) is 19.3. The molecule has 0 unspecified atom stereocenters. The molecular formula is C21H25N5O3. The Kier molecular flexibility index (Phi) is 5.17. The van der Waals surface area contributed by atoms with Crippen LogP contribution in [-0.2, 0) is 11.3 Å². The fourth-order valence-corrected chi connectivity index (χ4v) is 4.37. The van der Waals surface area contributed by atoms with Gasteiger partial charge in [-0.3, -0.25) is 19.6 Å². The topological polar surface area (TPSA) is 99.5 Å². The van der Waals surface area contributed by atoms with Gasteiger partial charge >= 0.3 is 0 Å². The van der Waals surface area contributed by atoms with Crippen molar-refractivity contribution >= 4 is 11.8 Å². The molecule has 2 aliphatic rings. The summed E-state index contributed by atoms with van der Waals surface area (Å²) in [7, 11) is 0. The molecule has 2 aromatic heterocycles. The third-order valence-corrected chi connectivity index (χ3v) is 5.87. The van der Waals surface area contributed by atoms with Crippen molar-refractivity contribution in [1.82, 2.24) is 24.8 Å². The van der Waals surface area contributed by atoms with Gasteiger partial charge in [0.25, 0.3) is 5.91 Å². The SMILES string of the molecule is Cc1cnc(CN2C[C@]3(CCCN(C(=O)c4ncccc4O)C3)CCC2=O)cn1. The highest BCUT2D eigenvalue weighted by molar-refractivity contribution is 5.94. The maximum Gasteiger partial charge on any atom is 0.276 e. The van der Waals surface area contributed by atoms with Crippen molar-refractivity contribution in [2.24, 2.45) is 5.41 Å². The molecule has 2 fully saturated rings. The van der Waals surface area contributed by atoms with E-state index in [-0.39, 0.29) is 28.7 Å². The number of rotatable bonds is 3. The van der Waals surface area contributed by atoms with Crippen molar-refractivity contribution in [3.05, 3.63) is 47.8 Å². The molecule has 0 aromatic carbocycles. The zero-order valence-electron chi connectivity index (χ0n) is 16.5. The maximum atomic E-state index is 12.9. The van der Waals surface area contributed by atoms with Gasteiger partial charge in [-0.1, -0.05) is 0 Å². The van der Waals surface area contributed by atoms with E-state index in [1.165, 1.54) is 12.3 Å². The molecule has 2 aromatic rings. The van der Waals surface area contributed by atoms with Gasteiger partial charge in [0.1, 0.15) is 5.75 Å². The smallest absolute Gasteiger partial charge is 0.276 e. The quantitative estimate of drug-likeness (QED) is 0.853. The van der Waals surface area contributed by atoms with Crippen LogP contribution >= 0.6 is 0 Å². The number of amides is 2. The minimum atomic E-state index is -0.255. The van der Waals surface area contributed by atoms with Crippen LogP contribution < -0.4 is 0 Å². The van der Waals surface area contributed by atoms with Gasteiger partial charge in [0.15, 0.2) is 5.69 Å². The average molecular weight is 395 g/mol. The number of hydrogen-bond donors (Lipinski definition) is 1. The monoisotopic (exact) mass is 395 g/mol. The van der Waals surface area contributed by atoms with Crippen LogP contribution in [0.1, 0.15) is 47.6 Å². The van der Waals surface area contributed by atoms with E-state index in [0.717, 1.165) is 30.7 Å². The van der Waals surface area contributed by atoms with Crippen LogP contribution in [0.4, 0.5) is 0 Å². The lowest BCUT2D eigenvalue weighted by molar-refractivity contribution is -0.139. The summed E-state index contributed by atoms with van der Waals surface area (Å²) in [4.78, 5) is 41.8. The van der Waals surface area contributed by atoms with Crippen molar-refractivity contribution in [2.45, 2.75) is 39.2 Å². The van der Waals surface area contributed by atoms with Crippen LogP contribution in [-0.4, -0.2) is 61.3 Å². The van der Waals surface area contributed by atoms with Crippen LogP contribution in [0.3, 0.4) is 0 Å². The van der Waals surface area contributed by atoms with E-state index in [4.69, 9.17) is 0 Å². The van der Waals surface area contributed by atoms with Crippen molar-refractivity contribution in [1.29, 1.82) is 0 Å². The summed E-state index contributed by atoms with van der Waals surface area (Å²) in [6, 6.07) is 3.08. The highest BCUT2D eigenvalue weighted by Gasteiger charge is 2.43. The Morgan fingerprint density at radius 1 is 1.21 bits per heavy atom. The number of piperidine rings is 2. The van der Waals surface area contributed by atoms with E-state index >= 15 is 0 Å². The van der Waals surface area contributed by atoms with E-state index in [0.29, 0.717) is 32.6 Å². The minimum absolute atomic E-state index is 0.0863. The molecule has 0 bridgehead atoms. The first-order valence-corrected chi connectivity index (χ1v) is 9.94. The summed E-state index contributed by atoms with van der Waals surface area (Å²) >= 11 is 0. The van der Waals surface area contributed by atoms with Crippen LogP contribution in [0, 0.1) is 12.3 Å². The summed E-state index contributed by atoms with van der Waals surface area (Å²) in [5.41, 5.74) is 1.56. The molecule has 0 radical (unpaired) electrons. The van der Waals surface area contributed by atoms with Crippen molar-refractivity contribution in [3.63, 3.8) is 0 Å². The Hall–Kier alpha value is -3.03. The van der Waals surface area contributed by atoms with Crippen LogP contribution in [0.2, 0.25) is 0 Å².